The van der Waals surface area contributed by atoms with Gasteiger partial charge >= 0.3 is 0 Å². The van der Waals surface area contributed by atoms with Crippen molar-refractivity contribution < 1.29 is 13.9 Å². The van der Waals surface area contributed by atoms with Gasteiger partial charge in [0.05, 0.1) is 6.04 Å². The number of nitrogens with one attached hydrogen (secondary N) is 1. The minimum atomic E-state index is -0.222. The fourth-order valence-corrected chi connectivity index (χ4v) is 4.52. The third-order valence-electron chi connectivity index (χ3n) is 6.69. The maximum Gasteiger partial charge on any atom is 0.258 e. The minimum Gasteiger partial charge on any atom is -0.484 e. The number of aryl methyl sites for hydroxylation is 1. The van der Waals surface area contributed by atoms with E-state index in [1.54, 1.807) is 0 Å². The van der Waals surface area contributed by atoms with Gasteiger partial charge in [-0.3, -0.25) is 9.69 Å². The van der Waals surface area contributed by atoms with Gasteiger partial charge < -0.3 is 19.9 Å². The maximum absolute atomic E-state index is 13.3. The molecule has 1 aliphatic heterocycles. The molecule has 0 aromatic heterocycles. The quantitative estimate of drug-likeness (QED) is 0.486. The van der Waals surface area contributed by atoms with E-state index in [2.05, 4.69) is 44.3 Å². The minimum absolute atomic E-state index is 0.0184. The van der Waals surface area contributed by atoms with Crippen LogP contribution in [-0.2, 0) is 4.79 Å². The van der Waals surface area contributed by atoms with Gasteiger partial charge in [-0.2, -0.15) is 0 Å². The van der Waals surface area contributed by atoms with Crippen molar-refractivity contribution in [1.82, 2.24) is 10.2 Å². The number of hydrogen-bond donors (Lipinski definition) is 1. The number of carbonyl (C=O) groups excluding carboxylic acids is 1. The molecule has 190 valence electrons. The number of piperazine rings is 1. The van der Waals surface area contributed by atoms with Gasteiger partial charge in [0.25, 0.3) is 5.91 Å². The first-order valence-corrected chi connectivity index (χ1v) is 12.4. The highest BCUT2D eigenvalue weighted by atomic mass is 19.1. The molecule has 0 spiro atoms. The zero-order chi connectivity index (χ0) is 25.5. The topological polar surface area (TPSA) is 48.1 Å². The first-order chi connectivity index (χ1) is 17.4. The van der Waals surface area contributed by atoms with Crippen LogP contribution in [0.25, 0.3) is 0 Å². The summed E-state index contributed by atoms with van der Waals surface area (Å²) in [5, 5.41) is 3.08. The Kier molecular flexibility index (Phi) is 8.44. The second kappa shape index (κ2) is 11.9. The van der Waals surface area contributed by atoms with Gasteiger partial charge in [-0.25, -0.2) is 4.39 Å². The van der Waals surface area contributed by atoms with Gasteiger partial charge in [0.1, 0.15) is 11.6 Å². The molecule has 1 amide bonds. The Bertz CT molecular complexity index is 1130. The highest BCUT2D eigenvalue weighted by Gasteiger charge is 2.26. The average molecular weight is 491 g/mol. The maximum atomic E-state index is 13.3. The molecule has 4 rings (SSSR count). The summed E-state index contributed by atoms with van der Waals surface area (Å²) in [7, 11) is 4.05. The lowest BCUT2D eigenvalue weighted by Gasteiger charge is -2.40. The molecule has 0 saturated carbocycles. The molecule has 6 nitrogen and oxygen atoms in total. The molecule has 0 aliphatic carbocycles. The first-order valence-electron chi connectivity index (χ1n) is 12.4. The van der Waals surface area contributed by atoms with Crippen molar-refractivity contribution in [3.8, 4) is 5.75 Å². The van der Waals surface area contributed by atoms with E-state index in [1.807, 2.05) is 57.4 Å². The fraction of sp³-hybridized carbons (Fsp3) is 0.345. The largest absolute Gasteiger partial charge is 0.484 e. The van der Waals surface area contributed by atoms with Crippen molar-refractivity contribution in [3.05, 3.63) is 89.7 Å². The van der Waals surface area contributed by atoms with Crippen LogP contribution in [0.15, 0.2) is 72.8 Å². The molecule has 1 heterocycles. The normalized spacial score (nSPS) is 14.8. The first kappa shape index (κ1) is 25.5. The Hall–Kier alpha value is -3.58. The number of benzene rings is 3. The fourth-order valence-electron chi connectivity index (χ4n) is 4.52. The zero-order valence-electron chi connectivity index (χ0n) is 21.3. The van der Waals surface area contributed by atoms with Crippen LogP contribution in [0.2, 0.25) is 0 Å². The second-order valence-electron chi connectivity index (χ2n) is 9.36. The van der Waals surface area contributed by atoms with Crippen LogP contribution in [-0.4, -0.2) is 64.2 Å². The van der Waals surface area contributed by atoms with Crippen LogP contribution in [0.5, 0.6) is 5.75 Å². The van der Waals surface area contributed by atoms with Gasteiger partial charge in [-0.15, -0.1) is 0 Å². The van der Waals surface area contributed by atoms with Gasteiger partial charge in [-0.05, 0) is 60.5 Å². The van der Waals surface area contributed by atoms with Crippen molar-refractivity contribution in [2.24, 2.45) is 0 Å². The number of hydrogen-bond acceptors (Lipinski definition) is 5. The lowest BCUT2D eigenvalue weighted by atomic mass is 10.0. The van der Waals surface area contributed by atoms with Crippen molar-refractivity contribution >= 4 is 17.3 Å². The molecule has 0 radical (unpaired) electrons. The lowest BCUT2D eigenvalue weighted by molar-refractivity contribution is -0.123. The highest BCUT2D eigenvalue weighted by Crippen LogP contribution is 2.26. The summed E-state index contributed by atoms with van der Waals surface area (Å²) in [6.07, 6.45) is 0. The standard InChI is InChI=1S/C29H35FN4O2/c1-22-6-4-5-7-28(22)36-21-29(35)31-20-27(23-8-12-25(13-9-23)32(2)3)34-18-16-33(17-19-34)26-14-10-24(30)11-15-26/h4-15,27H,16-21H2,1-3H3,(H,31,35). The van der Waals surface area contributed by atoms with Crippen molar-refractivity contribution in [3.63, 3.8) is 0 Å². The Morgan fingerprint density at radius 2 is 1.64 bits per heavy atom. The highest BCUT2D eigenvalue weighted by molar-refractivity contribution is 5.77. The van der Waals surface area contributed by atoms with Gasteiger partial charge in [0, 0.05) is 58.2 Å². The van der Waals surface area contributed by atoms with Crippen LogP contribution in [0.4, 0.5) is 15.8 Å². The summed E-state index contributed by atoms with van der Waals surface area (Å²) in [5.74, 6) is 0.360. The monoisotopic (exact) mass is 490 g/mol. The molecule has 1 fully saturated rings. The number of amides is 1. The van der Waals surface area contributed by atoms with Crippen molar-refractivity contribution in [2.45, 2.75) is 13.0 Å². The third-order valence-corrected chi connectivity index (χ3v) is 6.69. The van der Waals surface area contributed by atoms with Crippen LogP contribution >= 0.6 is 0 Å². The summed E-state index contributed by atoms with van der Waals surface area (Å²) < 4.78 is 19.1. The molecule has 1 saturated heterocycles. The summed E-state index contributed by atoms with van der Waals surface area (Å²) in [4.78, 5) is 19.4. The zero-order valence-corrected chi connectivity index (χ0v) is 21.3. The predicted molar refractivity (Wildman–Crippen MR) is 143 cm³/mol. The Morgan fingerprint density at radius 3 is 2.28 bits per heavy atom. The van der Waals surface area contributed by atoms with E-state index in [9.17, 15) is 9.18 Å². The molecule has 1 N–H and O–H groups in total. The summed E-state index contributed by atoms with van der Waals surface area (Å²) in [5.41, 5.74) is 4.33. The van der Waals surface area contributed by atoms with Gasteiger partial charge in [0.2, 0.25) is 0 Å². The number of ether oxygens (including phenoxy) is 1. The number of para-hydroxylation sites is 1. The molecule has 3 aromatic rings. The van der Waals surface area contributed by atoms with E-state index in [1.165, 1.54) is 12.1 Å². The number of rotatable bonds is 9. The van der Waals surface area contributed by atoms with Gasteiger partial charge in [0.15, 0.2) is 6.61 Å². The molecule has 7 heteroatoms. The lowest BCUT2D eigenvalue weighted by Crippen LogP contribution is -2.50. The third kappa shape index (κ3) is 6.55. The Morgan fingerprint density at radius 1 is 0.972 bits per heavy atom. The van der Waals surface area contributed by atoms with E-state index in [-0.39, 0.29) is 24.4 Å². The summed E-state index contributed by atoms with van der Waals surface area (Å²) >= 11 is 0. The van der Waals surface area contributed by atoms with E-state index < -0.39 is 0 Å². The number of anilines is 2. The number of nitrogens with zero attached hydrogens (tertiary/aromatic N) is 3. The Balaban J connectivity index is 1.40. The number of carbonyl (C=O) groups is 1. The second-order valence-corrected chi connectivity index (χ2v) is 9.36. The average Bonchev–Trinajstić information content (AvgIpc) is 2.89. The SMILES string of the molecule is Cc1ccccc1OCC(=O)NCC(c1ccc(N(C)C)cc1)N1CCN(c2ccc(F)cc2)CC1. The molecular weight excluding hydrogens is 455 g/mol. The molecule has 1 unspecified atom stereocenters. The molecule has 3 aromatic carbocycles. The molecular formula is C29H35FN4O2. The molecule has 0 bridgehead atoms. The molecule has 1 aliphatic rings. The molecule has 1 atom stereocenters. The van der Waals surface area contributed by atoms with Crippen LogP contribution in [0.3, 0.4) is 0 Å². The van der Waals surface area contributed by atoms with E-state index >= 15 is 0 Å². The summed E-state index contributed by atoms with van der Waals surface area (Å²) in [6.45, 7) is 5.79. The predicted octanol–water partition coefficient (Wildman–Crippen LogP) is 4.26. The van der Waals surface area contributed by atoms with Crippen LogP contribution in [0.1, 0.15) is 17.2 Å². The van der Waals surface area contributed by atoms with E-state index in [0.29, 0.717) is 6.54 Å². The van der Waals surface area contributed by atoms with Crippen molar-refractivity contribution in [1.29, 1.82) is 0 Å². The molecule has 36 heavy (non-hydrogen) atoms. The van der Waals surface area contributed by atoms with Gasteiger partial charge in [-0.1, -0.05) is 30.3 Å². The van der Waals surface area contributed by atoms with E-state index in [4.69, 9.17) is 4.74 Å². The van der Waals surface area contributed by atoms with Crippen molar-refractivity contribution in [2.75, 3.05) is 63.2 Å². The van der Waals surface area contributed by atoms with E-state index in [0.717, 1.165) is 54.4 Å². The summed E-state index contributed by atoms with van der Waals surface area (Å²) in [6, 6.07) is 22.9. The smallest absolute Gasteiger partial charge is 0.258 e. The van der Waals surface area contributed by atoms with Crippen LogP contribution < -0.4 is 19.9 Å². The van der Waals surface area contributed by atoms with Crippen LogP contribution in [0, 0.1) is 12.7 Å². The number of halogens is 1. The Labute approximate surface area is 213 Å².